The number of aryl methyl sites for hydroxylation is 1. The Labute approximate surface area is 201 Å². The van der Waals surface area contributed by atoms with Crippen LogP contribution in [0.3, 0.4) is 0 Å². The number of hydrogen-bond acceptors (Lipinski definition) is 5. The Morgan fingerprint density at radius 1 is 1.15 bits per heavy atom. The molecule has 0 radical (unpaired) electrons. The molecule has 0 bridgehead atoms. The molecule has 34 heavy (non-hydrogen) atoms. The predicted octanol–water partition coefficient (Wildman–Crippen LogP) is 2.71. The van der Waals surface area contributed by atoms with Crippen LogP contribution in [-0.4, -0.2) is 52.4 Å². The fraction of sp³-hybridized carbons (Fsp3) is 0.600. The molecule has 0 heterocycles. The molecule has 4 N–H and O–H groups in total. The average molecular weight is 475 g/mol. The molecule has 9 nitrogen and oxygen atoms in total. The molecule has 1 aliphatic carbocycles. The number of rotatable bonds is 10. The number of amides is 4. The standard InChI is InChI=1S/C25H38N4O5/c1-15(2)27-22(31)21(17-9-7-8-16(3)14-17)29(18-10-11-18)23(32)19(12-13-20(26)30)28-24(33)34-25(4,5)6/h7-9,14-15,18-19,21H,10-13H2,1-6H3,(H2,26,30)(H,27,31)(H,28,33). The quantitative estimate of drug-likeness (QED) is 0.480. The zero-order valence-electron chi connectivity index (χ0n) is 21.0. The number of primary amides is 1. The Hall–Kier alpha value is -3.10. The van der Waals surface area contributed by atoms with Crippen molar-refractivity contribution >= 4 is 23.8 Å². The van der Waals surface area contributed by atoms with Crippen LogP contribution in [0.2, 0.25) is 0 Å². The maximum Gasteiger partial charge on any atom is 0.408 e. The lowest BCUT2D eigenvalue weighted by Crippen LogP contribution is -2.54. The lowest BCUT2D eigenvalue weighted by molar-refractivity contribution is -0.143. The van der Waals surface area contributed by atoms with E-state index in [0.717, 1.165) is 18.4 Å². The van der Waals surface area contributed by atoms with Gasteiger partial charge in [0.1, 0.15) is 17.7 Å². The summed E-state index contributed by atoms with van der Waals surface area (Å²) in [6, 6.07) is 5.26. The molecule has 4 amide bonds. The summed E-state index contributed by atoms with van der Waals surface area (Å²) < 4.78 is 5.33. The van der Waals surface area contributed by atoms with Crippen molar-refractivity contribution in [2.75, 3.05) is 0 Å². The summed E-state index contributed by atoms with van der Waals surface area (Å²) in [5.74, 6) is -1.33. The van der Waals surface area contributed by atoms with E-state index in [9.17, 15) is 19.2 Å². The van der Waals surface area contributed by atoms with Gasteiger partial charge in [0, 0.05) is 18.5 Å². The van der Waals surface area contributed by atoms with Crippen LogP contribution in [0.4, 0.5) is 4.79 Å². The van der Waals surface area contributed by atoms with Gasteiger partial charge in [-0.3, -0.25) is 14.4 Å². The van der Waals surface area contributed by atoms with Gasteiger partial charge in [-0.05, 0) is 66.4 Å². The Bertz CT molecular complexity index is 905. The minimum absolute atomic E-state index is 0.00294. The van der Waals surface area contributed by atoms with Crippen molar-refractivity contribution in [3.63, 3.8) is 0 Å². The van der Waals surface area contributed by atoms with Crippen LogP contribution < -0.4 is 16.4 Å². The molecular weight excluding hydrogens is 436 g/mol. The first-order valence-electron chi connectivity index (χ1n) is 11.8. The number of alkyl carbamates (subject to hydrolysis) is 1. The summed E-state index contributed by atoms with van der Waals surface area (Å²) in [5, 5.41) is 5.52. The highest BCUT2D eigenvalue weighted by atomic mass is 16.6. The third-order valence-corrected chi connectivity index (χ3v) is 5.18. The first kappa shape index (κ1) is 27.1. The number of nitrogens with one attached hydrogen (secondary N) is 2. The van der Waals surface area contributed by atoms with Crippen LogP contribution in [0.5, 0.6) is 0 Å². The molecular formula is C25H38N4O5. The van der Waals surface area contributed by atoms with E-state index in [1.165, 1.54) is 0 Å². The first-order chi connectivity index (χ1) is 15.8. The molecule has 1 aromatic carbocycles. The number of carbonyl (C=O) groups is 4. The third-order valence-electron chi connectivity index (χ3n) is 5.18. The van der Waals surface area contributed by atoms with E-state index >= 15 is 0 Å². The van der Waals surface area contributed by atoms with Crippen molar-refractivity contribution in [1.29, 1.82) is 0 Å². The molecule has 0 saturated heterocycles. The second kappa shape index (κ2) is 11.4. The van der Waals surface area contributed by atoms with Gasteiger partial charge in [-0.25, -0.2) is 4.79 Å². The minimum Gasteiger partial charge on any atom is -0.444 e. The van der Waals surface area contributed by atoms with E-state index in [1.54, 1.807) is 25.7 Å². The summed E-state index contributed by atoms with van der Waals surface area (Å²) in [6.45, 7) is 10.8. The van der Waals surface area contributed by atoms with E-state index in [1.807, 2.05) is 45.0 Å². The van der Waals surface area contributed by atoms with Crippen molar-refractivity contribution in [3.8, 4) is 0 Å². The Morgan fingerprint density at radius 2 is 1.79 bits per heavy atom. The zero-order valence-corrected chi connectivity index (χ0v) is 21.0. The van der Waals surface area contributed by atoms with Gasteiger partial charge in [-0.1, -0.05) is 29.8 Å². The molecule has 1 saturated carbocycles. The summed E-state index contributed by atoms with van der Waals surface area (Å²) in [5.41, 5.74) is 6.20. The molecule has 2 unspecified atom stereocenters. The molecule has 0 aromatic heterocycles. The van der Waals surface area contributed by atoms with E-state index in [-0.39, 0.29) is 30.8 Å². The number of nitrogens with two attached hydrogens (primary N) is 1. The van der Waals surface area contributed by atoms with Gasteiger partial charge in [-0.2, -0.15) is 0 Å². The van der Waals surface area contributed by atoms with Crippen LogP contribution in [0, 0.1) is 6.92 Å². The smallest absolute Gasteiger partial charge is 0.408 e. The van der Waals surface area contributed by atoms with Gasteiger partial charge in [0.15, 0.2) is 0 Å². The molecule has 188 valence electrons. The molecule has 0 aliphatic heterocycles. The van der Waals surface area contributed by atoms with E-state index in [0.29, 0.717) is 5.56 Å². The van der Waals surface area contributed by atoms with Crippen LogP contribution in [0.25, 0.3) is 0 Å². The first-order valence-corrected chi connectivity index (χ1v) is 11.8. The van der Waals surface area contributed by atoms with Crippen LogP contribution in [0.15, 0.2) is 24.3 Å². The number of hydrogen-bond donors (Lipinski definition) is 3. The fourth-order valence-electron chi connectivity index (χ4n) is 3.69. The van der Waals surface area contributed by atoms with Crippen molar-refractivity contribution in [2.45, 2.75) is 97.0 Å². The lowest BCUT2D eigenvalue weighted by Gasteiger charge is -2.35. The zero-order chi connectivity index (χ0) is 25.6. The van der Waals surface area contributed by atoms with Gasteiger partial charge in [-0.15, -0.1) is 0 Å². The second-order valence-corrected chi connectivity index (χ2v) is 10.2. The van der Waals surface area contributed by atoms with E-state index in [4.69, 9.17) is 10.5 Å². The molecule has 1 fully saturated rings. The molecule has 1 aliphatic rings. The number of nitrogens with zero attached hydrogens (tertiary/aromatic N) is 1. The second-order valence-electron chi connectivity index (χ2n) is 10.2. The van der Waals surface area contributed by atoms with Crippen LogP contribution in [0.1, 0.15) is 77.5 Å². The Kier molecular flexibility index (Phi) is 9.06. The average Bonchev–Trinajstić information content (AvgIpc) is 3.51. The maximum atomic E-state index is 13.9. The molecule has 1 aromatic rings. The Morgan fingerprint density at radius 3 is 2.29 bits per heavy atom. The van der Waals surface area contributed by atoms with Crippen LogP contribution >= 0.6 is 0 Å². The molecule has 2 rings (SSSR count). The topological polar surface area (TPSA) is 131 Å². The fourth-order valence-corrected chi connectivity index (χ4v) is 3.69. The van der Waals surface area contributed by atoms with Crippen molar-refractivity contribution in [2.24, 2.45) is 5.73 Å². The van der Waals surface area contributed by atoms with E-state index in [2.05, 4.69) is 10.6 Å². The van der Waals surface area contributed by atoms with Gasteiger partial charge in [0.05, 0.1) is 0 Å². The molecule has 0 spiro atoms. The largest absolute Gasteiger partial charge is 0.444 e. The van der Waals surface area contributed by atoms with Gasteiger partial charge >= 0.3 is 6.09 Å². The maximum absolute atomic E-state index is 13.9. The summed E-state index contributed by atoms with van der Waals surface area (Å²) >= 11 is 0. The normalized spacial score (nSPS) is 15.3. The lowest BCUT2D eigenvalue weighted by atomic mass is 9.99. The third kappa shape index (κ3) is 8.35. The highest BCUT2D eigenvalue weighted by molar-refractivity contribution is 5.93. The monoisotopic (exact) mass is 474 g/mol. The SMILES string of the molecule is Cc1cccc(C(C(=O)NC(C)C)N(C(=O)C(CCC(N)=O)NC(=O)OC(C)(C)C)C2CC2)c1. The highest BCUT2D eigenvalue weighted by Gasteiger charge is 2.44. The number of carbonyl (C=O) groups excluding carboxylic acids is 4. The summed E-state index contributed by atoms with van der Waals surface area (Å²) in [4.78, 5) is 52.7. The molecule has 9 heteroatoms. The summed E-state index contributed by atoms with van der Waals surface area (Å²) in [7, 11) is 0. The highest BCUT2D eigenvalue weighted by Crippen LogP contribution is 2.36. The number of benzene rings is 1. The van der Waals surface area contributed by atoms with Crippen LogP contribution in [-0.2, 0) is 19.1 Å². The van der Waals surface area contributed by atoms with Crippen molar-refractivity contribution < 1.29 is 23.9 Å². The number of ether oxygens (including phenoxy) is 1. The Balaban J connectivity index is 2.43. The minimum atomic E-state index is -1.07. The van der Waals surface area contributed by atoms with Crippen molar-refractivity contribution in [1.82, 2.24) is 15.5 Å². The van der Waals surface area contributed by atoms with Gasteiger partial charge < -0.3 is 26.0 Å². The van der Waals surface area contributed by atoms with Gasteiger partial charge in [0.25, 0.3) is 0 Å². The van der Waals surface area contributed by atoms with Crippen molar-refractivity contribution in [3.05, 3.63) is 35.4 Å². The van der Waals surface area contributed by atoms with E-state index < -0.39 is 35.6 Å². The predicted molar refractivity (Wildman–Crippen MR) is 129 cm³/mol. The van der Waals surface area contributed by atoms with Gasteiger partial charge in [0.2, 0.25) is 17.7 Å². The molecule has 2 atom stereocenters. The summed E-state index contributed by atoms with van der Waals surface area (Å²) in [6.07, 6.45) is 0.626.